The summed E-state index contributed by atoms with van der Waals surface area (Å²) < 4.78 is 12.1. The predicted molar refractivity (Wildman–Crippen MR) is 96.9 cm³/mol. The summed E-state index contributed by atoms with van der Waals surface area (Å²) in [6, 6.07) is 8.52. The van der Waals surface area contributed by atoms with E-state index in [4.69, 9.17) is 9.47 Å². The van der Waals surface area contributed by atoms with Gasteiger partial charge in [-0.1, -0.05) is 52.7 Å². The van der Waals surface area contributed by atoms with Crippen molar-refractivity contribution in [2.45, 2.75) is 78.4 Å². The Balaban J connectivity index is 1.79. The van der Waals surface area contributed by atoms with Crippen molar-refractivity contribution in [3.05, 3.63) is 29.8 Å². The molecule has 0 radical (unpaired) electrons. The molecule has 0 N–H and O–H groups in total. The summed E-state index contributed by atoms with van der Waals surface area (Å²) in [5.41, 5.74) is 1.38. The average molecular weight is 319 g/mol. The standard InChI is InChI=1S/C21H34O2/c1-5-17(4)19-11-13-20(14-12-19)23-21(6-2)22-15-18-9-7-16(3)8-10-18/h11-14,16-18,21H,5-10,15H2,1-4H3. The van der Waals surface area contributed by atoms with E-state index in [1.807, 2.05) is 0 Å². The number of ether oxygens (including phenoxy) is 2. The highest BCUT2D eigenvalue weighted by atomic mass is 16.7. The molecule has 0 saturated heterocycles. The lowest BCUT2D eigenvalue weighted by atomic mass is 9.83. The first-order chi connectivity index (χ1) is 11.1. The van der Waals surface area contributed by atoms with E-state index in [9.17, 15) is 0 Å². The van der Waals surface area contributed by atoms with Crippen molar-refractivity contribution in [2.24, 2.45) is 11.8 Å². The van der Waals surface area contributed by atoms with Crippen LogP contribution in [0.25, 0.3) is 0 Å². The van der Waals surface area contributed by atoms with Gasteiger partial charge in [0.05, 0.1) is 6.61 Å². The Kier molecular flexibility index (Phi) is 7.42. The summed E-state index contributed by atoms with van der Waals surface area (Å²) in [6.45, 7) is 9.82. The first-order valence-electron chi connectivity index (χ1n) is 9.50. The van der Waals surface area contributed by atoms with Crippen LogP contribution in [0.2, 0.25) is 0 Å². The van der Waals surface area contributed by atoms with Gasteiger partial charge in [0.1, 0.15) is 5.75 Å². The van der Waals surface area contributed by atoms with E-state index in [1.165, 1.54) is 37.7 Å². The monoisotopic (exact) mass is 318 g/mol. The van der Waals surface area contributed by atoms with E-state index in [1.54, 1.807) is 0 Å². The Morgan fingerprint density at radius 2 is 1.65 bits per heavy atom. The van der Waals surface area contributed by atoms with Gasteiger partial charge in [0, 0.05) is 6.42 Å². The van der Waals surface area contributed by atoms with E-state index in [0.29, 0.717) is 5.92 Å². The van der Waals surface area contributed by atoms with Crippen molar-refractivity contribution in [3.63, 3.8) is 0 Å². The predicted octanol–water partition coefficient (Wildman–Crippen LogP) is 6.16. The van der Waals surface area contributed by atoms with Crippen LogP contribution in [0.15, 0.2) is 24.3 Å². The number of hydrogen-bond acceptors (Lipinski definition) is 2. The van der Waals surface area contributed by atoms with Crippen molar-refractivity contribution >= 4 is 0 Å². The Bertz CT molecular complexity index is 432. The van der Waals surface area contributed by atoms with E-state index >= 15 is 0 Å². The maximum atomic E-state index is 6.05. The lowest BCUT2D eigenvalue weighted by molar-refractivity contribution is -0.0966. The summed E-state index contributed by atoms with van der Waals surface area (Å²) >= 11 is 0. The molecule has 0 amide bonds. The third kappa shape index (κ3) is 5.84. The van der Waals surface area contributed by atoms with Crippen LogP contribution in [0.5, 0.6) is 5.75 Å². The lowest BCUT2D eigenvalue weighted by Crippen LogP contribution is -2.25. The maximum Gasteiger partial charge on any atom is 0.199 e. The third-order valence-electron chi connectivity index (χ3n) is 5.32. The molecule has 0 aromatic heterocycles. The molecular formula is C21H34O2. The number of rotatable bonds is 8. The SMILES string of the molecule is CCC(OCC1CCC(C)CC1)Oc1ccc(C(C)CC)cc1. The topological polar surface area (TPSA) is 18.5 Å². The molecule has 1 fully saturated rings. The first-order valence-corrected chi connectivity index (χ1v) is 9.50. The summed E-state index contributed by atoms with van der Waals surface area (Å²) in [5, 5.41) is 0. The van der Waals surface area contributed by atoms with Crippen LogP contribution < -0.4 is 4.74 Å². The van der Waals surface area contributed by atoms with Crippen LogP contribution in [-0.4, -0.2) is 12.9 Å². The van der Waals surface area contributed by atoms with E-state index in [0.717, 1.165) is 30.6 Å². The third-order valence-corrected chi connectivity index (χ3v) is 5.32. The number of benzene rings is 1. The quantitative estimate of drug-likeness (QED) is 0.534. The van der Waals surface area contributed by atoms with Crippen molar-refractivity contribution in [3.8, 4) is 5.75 Å². The second kappa shape index (κ2) is 9.32. The Morgan fingerprint density at radius 1 is 1.00 bits per heavy atom. The summed E-state index contributed by atoms with van der Waals surface area (Å²) in [7, 11) is 0. The van der Waals surface area contributed by atoms with Gasteiger partial charge in [0.25, 0.3) is 0 Å². The molecule has 1 aliphatic rings. The second-order valence-electron chi connectivity index (χ2n) is 7.29. The average Bonchev–Trinajstić information content (AvgIpc) is 2.59. The second-order valence-corrected chi connectivity index (χ2v) is 7.29. The van der Waals surface area contributed by atoms with E-state index < -0.39 is 0 Å². The Labute approximate surface area is 142 Å². The van der Waals surface area contributed by atoms with E-state index in [-0.39, 0.29) is 6.29 Å². The van der Waals surface area contributed by atoms with Gasteiger partial charge in [0.2, 0.25) is 0 Å². The molecule has 0 aliphatic heterocycles. The minimum absolute atomic E-state index is 0.121. The Hall–Kier alpha value is -1.02. The van der Waals surface area contributed by atoms with Crippen molar-refractivity contribution in [1.82, 2.24) is 0 Å². The molecule has 0 spiro atoms. The summed E-state index contributed by atoms with van der Waals surface area (Å²) in [4.78, 5) is 0. The molecule has 0 bridgehead atoms. The molecule has 2 atom stereocenters. The van der Waals surface area contributed by atoms with Gasteiger partial charge >= 0.3 is 0 Å². The van der Waals surface area contributed by atoms with Gasteiger partial charge in [-0.2, -0.15) is 0 Å². The molecule has 1 saturated carbocycles. The minimum atomic E-state index is -0.121. The van der Waals surface area contributed by atoms with Crippen LogP contribution in [-0.2, 0) is 4.74 Å². The molecule has 2 unspecified atom stereocenters. The van der Waals surface area contributed by atoms with Crippen LogP contribution >= 0.6 is 0 Å². The molecule has 2 nitrogen and oxygen atoms in total. The molecular weight excluding hydrogens is 284 g/mol. The largest absolute Gasteiger partial charge is 0.465 e. The fourth-order valence-corrected chi connectivity index (χ4v) is 3.24. The van der Waals surface area contributed by atoms with Crippen molar-refractivity contribution in [2.75, 3.05) is 6.61 Å². The molecule has 2 heteroatoms. The fourth-order valence-electron chi connectivity index (χ4n) is 3.24. The molecule has 1 aliphatic carbocycles. The zero-order valence-corrected chi connectivity index (χ0v) is 15.4. The van der Waals surface area contributed by atoms with Crippen LogP contribution in [0, 0.1) is 11.8 Å². The van der Waals surface area contributed by atoms with Crippen LogP contribution in [0.1, 0.15) is 77.7 Å². The minimum Gasteiger partial charge on any atom is -0.465 e. The molecule has 23 heavy (non-hydrogen) atoms. The zero-order chi connectivity index (χ0) is 16.7. The zero-order valence-electron chi connectivity index (χ0n) is 15.4. The molecule has 130 valence electrons. The Morgan fingerprint density at radius 3 is 2.22 bits per heavy atom. The molecule has 0 heterocycles. The fraction of sp³-hybridized carbons (Fsp3) is 0.714. The summed E-state index contributed by atoms with van der Waals surface area (Å²) in [5.74, 6) is 3.14. The van der Waals surface area contributed by atoms with Gasteiger partial charge in [-0.05, 0) is 54.7 Å². The van der Waals surface area contributed by atoms with Gasteiger partial charge in [-0.15, -0.1) is 0 Å². The molecule has 1 aromatic carbocycles. The van der Waals surface area contributed by atoms with Gasteiger partial charge < -0.3 is 9.47 Å². The normalized spacial score (nSPS) is 24.2. The van der Waals surface area contributed by atoms with Crippen LogP contribution in [0.4, 0.5) is 0 Å². The maximum absolute atomic E-state index is 6.05. The number of hydrogen-bond donors (Lipinski definition) is 0. The highest BCUT2D eigenvalue weighted by molar-refractivity contribution is 5.29. The molecule has 2 rings (SSSR count). The van der Waals surface area contributed by atoms with Gasteiger partial charge in [-0.25, -0.2) is 0 Å². The van der Waals surface area contributed by atoms with Crippen molar-refractivity contribution < 1.29 is 9.47 Å². The highest BCUT2D eigenvalue weighted by Crippen LogP contribution is 2.29. The summed E-state index contributed by atoms with van der Waals surface area (Å²) in [6.07, 6.45) is 7.24. The van der Waals surface area contributed by atoms with Gasteiger partial charge in [0.15, 0.2) is 6.29 Å². The molecule has 1 aromatic rings. The van der Waals surface area contributed by atoms with E-state index in [2.05, 4.69) is 52.0 Å². The van der Waals surface area contributed by atoms with Crippen LogP contribution in [0.3, 0.4) is 0 Å². The van der Waals surface area contributed by atoms with Crippen molar-refractivity contribution in [1.29, 1.82) is 0 Å². The highest BCUT2D eigenvalue weighted by Gasteiger charge is 2.20. The lowest BCUT2D eigenvalue weighted by Gasteiger charge is -2.27. The van der Waals surface area contributed by atoms with Gasteiger partial charge in [-0.3, -0.25) is 0 Å². The smallest absolute Gasteiger partial charge is 0.199 e. The first kappa shape index (κ1) is 18.3.